The highest BCUT2D eigenvalue weighted by atomic mass is 16.5. The molecule has 0 radical (unpaired) electrons. The van der Waals surface area contributed by atoms with E-state index in [1.807, 2.05) is 60.7 Å². The average molecular weight is 373 g/mol. The Kier molecular flexibility index (Phi) is 4.93. The largest absolute Gasteiger partial charge is 0.482 e. The van der Waals surface area contributed by atoms with Crippen LogP contribution in [0.15, 0.2) is 78.9 Å². The molecule has 28 heavy (non-hydrogen) atoms. The lowest BCUT2D eigenvalue weighted by molar-refractivity contribution is -0.118. The first kappa shape index (κ1) is 17.6. The van der Waals surface area contributed by atoms with E-state index in [4.69, 9.17) is 4.74 Å². The van der Waals surface area contributed by atoms with Gasteiger partial charge in [0.2, 0.25) is 0 Å². The maximum Gasteiger partial charge on any atom is 0.269 e. The number of rotatable bonds is 5. The van der Waals surface area contributed by atoms with Crippen molar-refractivity contribution in [2.75, 3.05) is 16.9 Å². The van der Waals surface area contributed by atoms with Gasteiger partial charge < -0.3 is 10.1 Å². The van der Waals surface area contributed by atoms with Crippen LogP contribution in [-0.4, -0.2) is 18.4 Å². The Bertz CT molecular complexity index is 990. The predicted molar refractivity (Wildman–Crippen MR) is 107 cm³/mol. The lowest BCUT2D eigenvalue weighted by Crippen LogP contribution is -2.42. The highest BCUT2D eigenvalue weighted by Crippen LogP contribution is 2.28. The maximum atomic E-state index is 12.9. The third-order valence-corrected chi connectivity index (χ3v) is 4.36. The summed E-state index contributed by atoms with van der Waals surface area (Å²) in [6.45, 7) is 0.469. The summed E-state index contributed by atoms with van der Waals surface area (Å²) >= 11 is 0. The number of hydrazine groups is 1. The normalized spacial score (nSPS) is 12.4. The molecule has 0 bridgehead atoms. The van der Waals surface area contributed by atoms with Crippen molar-refractivity contribution in [3.63, 3.8) is 0 Å². The van der Waals surface area contributed by atoms with Crippen LogP contribution in [0.25, 0.3) is 0 Å². The second-order valence-corrected chi connectivity index (χ2v) is 6.40. The smallest absolute Gasteiger partial charge is 0.269 e. The van der Waals surface area contributed by atoms with Crippen molar-refractivity contribution in [1.82, 2.24) is 5.43 Å². The van der Waals surface area contributed by atoms with Crippen LogP contribution in [0.2, 0.25) is 0 Å². The lowest BCUT2D eigenvalue weighted by Gasteiger charge is -2.26. The van der Waals surface area contributed by atoms with E-state index in [2.05, 4.69) is 10.7 Å². The van der Waals surface area contributed by atoms with Crippen LogP contribution in [0, 0.1) is 0 Å². The van der Waals surface area contributed by atoms with Crippen molar-refractivity contribution < 1.29 is 14.3 Å². The van der Waals surface area contributed by atoms with E-state index in [9.17, 15) is 9.59 Å². The first-order valence-corrected chi connectivity index (χ1v) is 8.93. The molecule has 0 spiro atoms. The summed E-state index contributed by atoms with van der Waals surface area (Å²) in [4.78, 5) is 24.3. The molecule has 0 atom stereocenters. The Hall–Kier alpha value is -3.80. The monoisotopic (exact) mass is 373 g/mol. The van der Waals surface area contributed by atoms with Crippen molar-refractivity contribution >= 4 is 23.2 Å². The number of benzene rings is 3. The van der Waals surface area contributed by atoms with Gasteiger partial charge in [0.1, 0.15) is 5.75 Å². The summed E-state index contributed by atoms with van der Waals surface area (Å²) in [5.74, 6) is 0.0208. The Balaban J connectivity index is 1.56. The zero-order valence-corrected chi connectivity index (χ0v) is 15.1. The van der Waals surface area contributed by atoms with Crippen molar-refractivity contribution in [3.05, 3.63) is 90.0 Å². The van der Waals surface area contributed by atoms with E-state index >= 15 is 0 Å². The molecule has 140 valence electrons. The third kappa shape index (κ3) is 3.96. The molecule has 0 aromatic heterocycles. The van der Waals surface area contributed by atoms with Gasteiger partial charge in [-0.1, -0.05) is 48.5 Å². The molecule has 0 saturated heterocycles. The molecule has 6 heteroatoms. The maximum absolute atomic E-state index is 12.9. The highest BCUT2D eigenvalue weighted by Gasteiger charge is 2.19. The standard InChI is InChI=1S/C22H19N3O3/c26-21-15-28-20-13-17(11-12-19(20)23-21)22(27)24-25(18-9-5-2-6-10-18)14-16-7-3-1-4-8-16/h1-13H,14-15H2,(H,23,26)(H,24,27). The minimum atomic E-state index is -0.261. The average Bonchev–Trinajstić information content (AvgIpc) is 2.74. The Morgan fingerprint density at radius 2 is 1.71 bits per heavy atom. The number of amides is 2. The van der Waals surface area contributed by atoms with E-state index in [0.29, 0.717) is 23.5 Å². The van der Waals surface area contributed by atoms with Crippen LogP contribution in [-0.2, 0) is 11.3 Å². The molecule has 1 heterocycles. The summed E-state index contributed by atoms with van der Waals surface area (Å²) < 4.78 is 5.41. The van der Waals surface area contributed by atoms with Gasteiger partial charge in [0.25, 0.3) is 11.8 Å². The highest BCUT2D eigenvalue weighted by molar-refractivity contribution is 5.99. The number of anilines is 2. The first-order valence-electron chi connectivity index (χ1n) is 8.93. The lowest BCUT2D eigenvalue weighted by atomic mass is 10.1. The summed E-state index contributed by atoms with van der Waals surface area (Å²) in [7, 11) is 0. The fourth-order valence-corrected chi connectivity index (χ4v) is 2.97. The minimum Gasteiger partial charge on any atom is -0.482 e. The molecule has 3 aromatic carbocycles. The number of hydrogen-bond acceptors (Lipinski definition) is 4. The summed E-state index contributed by atoms with van der Waals surface area (Å²) in [6.07, 6.45) is 0. The summed E-state index contributed by atoms with van der Waals surface area (Å²) in [6, 6.07) is 24.5. The fraction of sp³-hybridized carbons (Fsp3) is 0.0909. The molecule has 3 aromatic rings. The second kappa shape index (κ2) is 7.84. The van der Waals surface area contributed by atoms with Crippen LogP contribution in [0.1, 0.15) is 15.9 Å². The Labute approximate surface area is 162 Å². The molecule has 0 saturated carbocycles. The second-order valence-electron chi connectivity index (χ2n) is 6.40. The number of para-hydroxylation sites is 1. The molecular formula is C22H19N3O3. The molecule has 0 unspecified atom stereocenters. The van der Waals surface area contributed by atoms with Crippen molar-refractivity contribution in [1.29, 1.82) is 0 Å². The van der Waals surface area contributed by atoms with E-state index in [-0.39, 0.29) is 18.4 Å². The van der Waals surface area contributed by atoms with E-state index in [1.54, 1.807) is 23.2 Å². The van der Waals surface area contributed by atoms with E-state index in [0.717, 1.165) is 11.3 Å². The number of ether oxygens (including phenoxy) is 1. The Morgan fingerprint density at radius 3 is 2.46 bits per heavy atom. The summed E-state index contributed by atoms with van der Waals surface area (Å²) in [5.41, 5.74) is 5.93. The molecule has 2 amide bonds. The number of carbonyl (C=O) groups is 2. The molecule has 0 aliphatic carbocycles. The van der Waals surface area contributed by atoms with E-state index in [1.165, 1.54) is 0 Å². The van der Waals surface area contributed by atoms with Gasteiger partial charge in [0.15, 0.2) is 6.61 Å². The van der Waals surface area contributed by atoms with Crippen molar-refractivity contribution in [3.8, 4) is 5.75 Å². The molecule has 1 aliphatic heterocycles. The SMILES string of the molecule is O=C1COc2cc(C(=O)NN(Cc3ccccc3)c3ccccc3)ccc2N1. The van der Waals surface area contributed by atoms with Gasteiger partial charge >= 0.3 is 0 Å². The quantitative estimate of drug-likeness (QED) is 0.673. The first-order chi connectivity index (χ1) is 13.7. The molecule has 4 rings (SSSR count). The fourth-order valence-electron chi connectivity index (χ4n) is 2.97. The number of nitrogens with one attached hydrogen (secondary N) is 2. The zero-order valence-electron chi connectivity index (χ0n) is 15.1. The molecule has 0 fully saturated rings. The van der Waals surface area contributed by atoms with Crippen LogP contribution >= 0.6 is 0 Å². The van der Waals surface area contributed by atoms with Gasteiger partial charge in [-0.2, -0.15) is 0 Å². The number of carbonyl (C=O) groups excluding carboxylic acids is 2. The number of hydrogen-bond donors (Lipinski definition) is 2. The Morgan fingerprint density at radius 1 is 1.00 bits per heavy atom. The molecule has 6 nitrogen and oxygen atoms in total. The van der Waals surface area contributed by atoms with Crippen LogP contribution in [0.4, 0.5) is 11.4 Å². The van der Waals surface area contributed by atoms with Crippen LogP contribution in [0.5, 0.6) is 5.75 Å². The molecular weight excluding hydrogens is 354 g/mol. The zero-order chi connectivity index (χ0) is 19.3. The van der Waals surface area contributed by atoms with Gasteiger partial charge in [0, 0.05) is 5.56 Å². The van der Waals surface area contributed by atoms with Crippen molar-refractivity contribution in [2.45, 2.75) is 6.54 Å². The van der Waals surface area contributed by atoms with Crippen LogP contribution < -0.4 is 20.5 Å². The summed E-state index contributed by atoms with van der Waals surface area (Å²) in [5, 5.41) is 4.52. The molecule has 1 aliphatic rings. The van der Waals surface area contributed by atoms with Crippen LogP contribution in [0.3, 0.4) is 0 Å². The van der Waals surface area contributed by atoms with Gasteiger partial charge in [-0.05, 0) is 35.9 Å². The van der Waals surface area contributed by atoms with Crippen molar-refractivity contribution in [2.24, 2.45) is 0 Å². The van der Waals surface area contributed by atoms with Gasteiger partial charge in [-0.3, -0.25) is 20.0 Å². The number of nitrogens with zero attached hydrogens (tertiary/aromatic N) is 1. The molecule has 2 N–H and O–H groups in total. The third-order valence-electron chi connectivity index (χ3n) is 4.36. The number of fused-ring (bicyclic) bond motifs is 1. The van der Waals surface area contributed by atoms with Gasteiger partial charge in [0.05, 0.1) is 17.9 Å². The predicted octanol–water partition coefficient (Wildman–Crippen LogP) is 3.37. The topological polar surface area (TPSA) is 70.7 Å². The minimum absolute atomic E-state index is 0.0534. The van der Waals surface area contributed by atoms with Gasteiger partial charge in [-0.25, -0.2) is 0 Å². The van der Waals surface area contributed by atoms with Gasteiger partial charge in [-0.15, -0.1) is 0 Å². The van der Waals surface area contributed by atoms with E-state index < -0.39 is 0 Å².